The summed E-state index contributed by atoms with van der Waals surface area (Å²) >= 11 is 0. The monoisotopic (exact) mass is 759 g/mol. The van der Waals surface area contributed by atoms with E-state index in [-0.39, 0.29) is 5.41 Å². The van der Waals surface area contributed by atoms with Gasteiger partial charge in [0, 0.05) is 22.5 Å². The summed E-state index contributed by atoms with van der Waals surface area (Å²) in [6.45, 7) is 4.79. The number of hydrogen-bond acceptors (Lipinski definition) is 1. The predicted octanol–water partition coefficient (Wildman–Crippen LogP) is 16.0. The number of nitrogens with zero attached hydrogens (tertiary/aromatic N) is 1. The highest BCUT2D eigenvalue weighted by atomic mass is 15.1. The Hall–Kier alpha value is -6.44. The van der Waals surface area contributed by atoms with Crippen molar-refractivity contribution in [1.29, 1.82) is 0 Å². The van der Waals surface area contributed by atoms with Crippen molar-refractivity contribution in [2.24, 2.45) is 11.8 Å². The van der Waals surface area contributed by atoms with Gasteiger partial charge in [-0.25, -0.2) is 0 Å². The predicted molar refractivity (Wildman–Crippen MR) is 249 cm³/mol. The first-order valence-electron chi connectivity index (χ1n) is 21.6. The zero-order valence-corrected chi connectivity index (χ0v) is 34.0. The van der Waals surface area contributed by atoms with Crippen LogP contribution in [0.25, 0.3) is 55.6 Å². The normalized spacial score (nSPS) is 18.4. The summed E-state index contributed by atoms with van der Waals surface area (Å²) in [6.07, 6.45) is 5.61. The molecule has 0 spiro atoms. The van der Waals surface area contributed by atoms with Crippen LogP contribution in [0.5, 0.6) is 0 Å². The molecule has 8 aromatic carbocycles. The zero-order valence-electron chi connectivity index (χ0n) is 34.0. The number of anilines is 3. The summed E-state index contributed by atoms with van der Waals surface area (Å²) in [5, 5.41) is 0. The van der Waals surface area contributed by atoms with E-state index in [1.54, 1.807) is 0 Å². The molecule has 8 aromatic rings. The Morgan fingerprint density at radius 3 is 1.53 bits per heavy atom. The summed E-state index contributed by atoms with van der Waals surface area (Å²) in [4.78, 5) is 2.47. The van der Waals surface area contributed by atoms with Crippen molar-refractivity contribution in [3.05, 3.63) is 211 Å². The molecule has 3 unspecified atom stereocenters. The molecule has 0 saturated heterocycles. The molecule has 59 heavy (non-hydrogen) atoms. The minimum Gasteiger partial charge on any atom is -0.310 e. The smallest absolute Gasteiger partial charge is 0.0465 e. The van der Waals surface area contributed by atoms with Crippen molar-refractivity contribution in [2.45, 2.75) is 50.9 Å². The van der Waals surface area contributed by atoms with Crippen LogP contribution < -0.4 is 4.90 Å². The van der Waals surface area contributed by atoms with Gasteiger partial charge in [0.05, 0.1) is 0 Å². The van der Waals surface area contributed by atoms with Crippen LogP contribution in [-0.4, -0.2) is 0 Å². The van der Waals surface area contributed by atoms with E-state index in [1.165, 1.54) is 109 Å². The first kappa shape index (κ1) is 35.7. The van der Waals surface area contributed by atoms with Crippen LogP contribution in [0.3, 0.4) is 0 Å². The molecular formula is C58H49N. The second kappa shape index (κ2) is 14.4. The number of benzene rings is 8. The molecule has 0 aromatic heterocycles. The summed E-state index contributed by atoms with van der Waals surface area (Å²) in [5.41, 5.74) is 20.3. The largest absolute Gasteiger partial charge is 0.310 e. The van der Waals surface area contributed by atoms with Crippen molar-refractivity contribution in [1.82, 2.24) is 0 Å². The van der Waals surface area contributed by atoms with Gasteiger partial charge in [0.15, 0.2) is 0 Å². The highest BCUT2D eigenvalue weighted by molar-refractivity contribution is 5.95. The van der Waals surface area contributed by atoms with Gasteiger partial charge in [-0.15, -0.1) is 0 Å². The van der Waals surface area contributed by atoms with Gasteiger partial charge in [-0.3, -0.25) is 0 Å². The van der Waals surface area contributed by atoms with Gasteiger partial charge in [-0.05, 0) is 146 Å². The Labute approximate surface area is 349 Å². The fourth-order valence-electron chi connectivity index (χ4n) is 11.1. The molecule has 2 fully saturated rings. The first-order chi connectivity index (χ1) is 29.0. The molecule has 0 N–H and O–H groups in total. The lowest BCUT2D eigenvalue weighted by atomic mass is 9.81. The quantitative estimate of drug-likeness (QED) is 0.149. The Morgan fingerprint density at radius 1 is 0.407 bits per heavy atom. The lowest BCUT2D eigenvalue weighted by molar-refractivity contribution is 0.420. The Morgan fingerprint density at radius 2 is 0.932 bits per heavy atom. The molecule has 3 aliphatic carbocycles. The third kappa shape index (κ3) is 6.14. The van der Waals surface area contributed by atoms with E-state index in [9.17, 15) is 0 Å². The molecule has 286 valence electrons. The van der Waals surface area contributed by atoms with Crippen molar-refractivity contribution in [2.75, 3.05) is 4.90 Å². The summed E-state index contributed by atoms with van der Waals surface area (Å²) < 4.78 is 0. The average Bonchev–Trinajstić information content (AvgIpc) is 4.00. The summed E-state index contributed by atoms with van der Waals surface area (Å²) in [7, 11) is 0. The maximum atomic E-state index is 2.47. The zero-order chi connectivity index (χ0) is 39.5. The minimum absolute atomic E-state index is 0.146. The third-order valence-electron chi connectivity index (χ3n) is 14.0. The summed E-state index contributed by atoms with van der Waals surface area (Å²) in [6, 6.07) is 72.2. The molecule has 0 aliphatic heterocycles. The Balaban J connectivity index is 1.01. The third-order valence-corrected chi connectivity index (χ3v) is 14.0. The average molecular weight is 760 g/mol. The van der Waals surface area contributed by atoms with Gasteiger partial charge < -0.3 is 4.90 Å². The first-order valence-corrected chi connectivity index (χ1v) is 21.6. The number of fused-ring (bicyclic) bond motifs is 5. The van der Waals surface area contributed by atoms with Crippen LogP contribution in [0.4, 0.5) is 17.1 Å². The summed E-state index contributed by atoms with van der Waals surface area (Å²) in [5.74, 6) is 2.50. The van der Waals surface area contributed by atoms with E-state index in [4.69, 9.17) is 0 Å². The SMILES string of the molecule is CC1(C)c2cc(N(c3ccc(-c4ccccc4-c4ccccc4-c4ccccc4)cc3)c3ccc(C4CC5CCC4C5)cc3)ccc2-c2c(-c3ccccc3)cccc21. The molecule has 3 atom stereocenters. The molecule has 2 saturated carbocycles. The molecular weight excluding hydrogens is 711 g/mol. The second-order valence-corrected chi connectivity index (χ2v) is 17.7. The lowest BCUT2D eigenvalue weighted by Crippen LogP contribution is -2.16. The number of hydrogen-bond donors (Lipinski definition) is 0. The van der Waals surface area contributed by atoms with Gasteiger partial charge in [0.2, 0.25) is 0 Å². The van der Waals surface area contributed by atoms with E-state index in [1.807, 2.05) is 0 Å². The van der Waals surface area contributed by atoms with Gasteiger partial charge in [-0.1, -0.05) is 178 Å². The molecule has 0 heterocycles. The minimum atomic E-state index is -0.146. The van der Waals surface area contributed by atoms with Crippen LogP contribution in [0.15, 0.2) is 194 Å². The molecule has 2 bridgehead atoms. The molecule has 0 radical (unpaired) electrons. The van der Waals surface area contributed by atoms with Crippen molar-refractivity contribution >= 4 is 17.1 Å². The maximum absolute atomic E-state index is 2.47. The fourth-order valence-corrected chi connectivity index (χ4v) is 11.1. The van der Waals surface area contributed by atoms with E-state index < -0.39 is 0 Å². The molecule has 11 rings (SSSR count). The maximum Gasteiger partial charge on any atom is 0.0465 e. The van der Waals surface area contributed by atoms with Gasteiger partial charge in [0.1, 0.15) is 0 Å². The van der Waals surface area contributed by atoms with Crippen LogP contribution in [0, 0.1) is 11.8 Å². The van der Waals surface area contributed by atoms with Gasteiger partial charge >= 0.3 is 0 Å². The van der Waals surface area contributed by atoms with E-state index in [0.717, 1.165) is 17.5 Å². The molecule has 3 aliphatic rings. The van der Waals surface area contributed by atoms with Gasteiger partial charge in [-0.2, -0.15) is 0 Å². The van der Waals surface area contributed by atoms with E-state index in [0.29, 0.717) is 5.92 Å². The van der Waals surface area contributed by atoms with Crippen molar-refractivity contribution in [3.8, 4) is 55.6 Å². The topological polar surface area (TPSA) is 3.24 Å². The Kier molecular flexibility index (Phi) is 8.73. The van der Waals surface area contributed by atoms with Crippen LogP contribution in [0.2, 0.25) is 0 Å². The van der Waals surface area contributed by atoms with E-state index >= 15 is 0 Å². The van der Waals surface area contributed by atoms with Crippen LogP contribution in [-0.2, 0) is 5.41 Å². The number of rotatable bonds is 8. The molecule has 1 heteroatoms. The van der Waals surface area contributed by atoms with Crippen molar-refractivity contribution < 1.29 is 0 Å². The standard InChI is InChI=1S/C58H49N/c1-58(2)55-23-13-22-50(41-16-7-4-8-17-41)57(55)53-35-34-47(38-56(53)58)59(46-32-28-43(29-33-46)54-37-39-24-25-44(54)36-39)45-30-26-42(27-31-45)49-19-10-12-21-52(49)51-20-11-9-18-48(51)40-14-5-3-6-15-40/h3-23,26-35,38-39,44,54H,24-25,36-37H2,1-2H3. The Bertz CT molecular complexity index is 2800. The molecule has 1 nitrogen and oxygen atoms in total. The highest BCUT2D eigenvalue weighted by Crippen LogP contribution is 2.55. The van der Waals surface area contributed by atoms with Gasteiger partial charge in [0.25, 0.3) is 0 Å². The highest BCUT2D eigenvalue weighted by Gasteiger charge is 2.40. The molecule has 0 amide bonds. The lowest BCUT2D eigenvalue weighted by Gasteiger charge is -2.29. The second-order valence-electron chi connectivity index (χ2n) is 17.7. The van der Waals surface area contributed by atoms with E-state index in [2.05, 4.69) is 213 Å². The van der Waals surface area contributed by atoms with Crippen LogP contribution >= 0.6 is 0 Å². The van der Waals surface area contributed by atoms with Crippen molar-refractivity contribution in [3.63, 3.8) is 0 Å². The van der Waals surface area contributed by atoms with Crippen LogP contribution in [0.1, 0.15) is 62.1 Å². The fraction of sp³-hybridized carbons (Fsp3) is 0.172.